The van der Waals surface area contributed by atoms with Crippen LogP contribution in [0.1, 0.15) is 12.5 Å². The first-order valence-electron chi connectivity index (χ1n) is 5.53. The van der Waals surface area contributed by atoms with Crippen molar-refractivity contribution >= 4 is 5.82 Å². The van der Waals surface area contributed by atoms with E-state index in [9.17, 15) is 4.39 Å². The van der Waals surface area contributed by atoms with Gasteiger partial charge in [0.2, 0.25) is 0 Å². The highest BCUT2D eigenvalue weighted by molar-refractivity contribution is 5.62. The molecule has 1 N–H and O–H groups in total. The summed E-state index contributed by atoms with van der Waals surface area (Å²) < 4.78 is 13.5. The molecule has 0 fully saturated rings. The van der Waals surface area contributed by atoms with E-state index < -0.39 is 0 Å². The van der Waals surface area contributed by atoms with Crippen molar-refractivity contribution < 1.29 is 4.39 Å². The number of aromatic nitrogens is 2. The summed E-state index contributed by atoms with van der Waals surface area (Å²) in [4.78, 5) is 8.22. The first-order chi connectivity index (χ1) is 8.20. The molecule has 1 heterocycles. The highest BCUT2D eigenvalue weighted by atomic mass is 19.1. The normalized spacial score (nSPS) is 10.3. The summed E-state index contributed by atoms with van der Waals surface area (Å²) in [5, 5.41) is 3.10. The number of hydrogen-bond acceptors (Lipinski definition) is 3. The van der Waals surface area contributed by atoms with E-state index >= 15 is 0 Å². The van der Waals surface area contributed by atoms with Gasteiger partial charge in [0.05, 0.1) is 5.69 Å². The number of rotatable bonds is 3. The van der Waals surface area contributed by atoms with Crippen LogP contribution >= 0.6 is 0 Å². The highest BCUT2D eigenvalue weighted by Gasteiger charge is 2.04. The van der Waals surface area contributed by atoms with Gasteiger partial charge < -0.3 is 5.32 Å². The number of aryl methyl sites for hydroxylation is 1. The Morgan fingerprint density at radius 3 is 2.76 bits per heavy atom. The van der Waals surface area contributed by atoms with Crippen molar-refractivity contribution in [2.24, 2.45) is 0 Å². The van der Waals surface area contributed by atoms with Crippen molar-refractivity contribution in [1.29, 1.82) is 0 Å². The van der Waals surface area contributed by atoms with Gasteiger partial charge in [-0.25, -0.2) is 14.4 Å². The minimum absolute atomic E-state index is 0.217. The quantitative estimate of drug-likeness (QED) is 0.882. The molecule has 0 aliphatic carbocycles. The first-order valence-corrected chi connectivity index (χ1v) is 5.53. The Morgan fingerprint density at radius 1 is 1.24 bits per heavy atom. The van der Waals surface area contributed by atoms with Crippen LogP contribution in [0.2, 0.25) is 0 Å². The smallest absolute Gasteiger partial charge is 0.129 e. The maximum absolute atomic E-state index is 13.5. The fourth-order valence-corrected chi connectivity index (χ4v) is 1.55. The largest absolute Gasteiger partial charge is 0.370 e. The van der Waals surface area contributed by atoms with E-state index in [4.69, 9.17) is 0 Å². The van der Waals surface area contributed by atoms with Crippen LogP contribution in [-0.4, -0.2) is 16.5 Å². The Labute approximate surface area is 99.7 Å². The van der Waals surface area contributed by atoms with E-state index in [1.54, 1.807) is 13.0 Å². The molecule has 0 saturated heterocycles. The zero-order valence-corrected chi connectivity index (χ0v) is 9.87. The molecule has 4 heteroatoms. The molecule has 2 rings (SSSR count). The van der Waals surface area contributed by atoms with E-state index in [1.807, 2.05) is 19.1 Å². The Bertz CT molecular complexity index is 526. The van der Waals surface area contributed by atoms with E-state index in [0.29, 0.717) is 5.56 Å². The Morgan fingerprint density at radius 2 is 2.06 bits per heavy atom. The summed E-state index contributed by atoms with van der Waals surface area (Å²) in [6, 6.07) is 6.91. The average Bonchev–Trinajstić information content (AvgIpc) is 2.33. The second kappa shape index (κ2) is 4.91. The van der Waals surface area contributed by atoms with Gasteiger partial charge >= 0.3 is 0 Å². The Hall–Kier alpha value is -1.97. The van der Waals surface area contributed by atoms with E-state index in [-0.39, 0.29) is 5.82 Å². The van der Waals surface area contributed by atoms with Gasteiger partial charge in [-0.2, -0.15) is 0 Å². The molecule has 0 saturated carbocycles. The van der Waals surface area contributed by atoms with Crippen molar-refractivity contribution in [3.05, 3.63) is 42.0 Å². The topological polar surface area (TPSA) is 37.8 Å². The van der Waals surface area contributed by atoms with Crippen LogP contribution in [0.4, 0.5) is 10.2 Å². The molecular formula is C13H14FN3. The summed E-state index contributed by atoms with van der Waals surface area (Å²) >= 11 is 0. The third kappa shape index (κ3) is 2.58. The second-order valence-electron chi connectivity index (χ2n) is 3.78. The van der Waals surface area contributed by atoms with Gasteiger partial charge in [0.25, 0.3) is 0 Å². The van der Waals surface area contributed by atoms with Gasteiger partial charge in [-0.15, -0.1) is 0 Å². The Balaban J connectivity index is 2.38. The zero-order valence-electron chi connectivity index (χ0n) is 9.87. The molecule has 0 aliphatic rings. The minimum atomic E-state index is -0.217. The molecule has 1 aromatic carbocycles. The monoisotopic (exact) mass is 231 g/mol. The molecule has 88 valence electrons. The van der Waals surface area contributed by atoms with Crippen LogP contribution in [0.15, 0.2) is 30.6 Å². The van der Waals surface area contributed by atoms with Gasteiger partial charge in [0, 0.05) is 18.2 Å². The number of benzene rings is 1. The van der Waals surface area contributed by atoms with Crippen LogP contribution in [0.5, 0.6) is 0 Å². The van der Waals surface area contributed by atoms with Crippen molar-refractivity contribution in [2.45, 2.75) is 13.8 Å². The molecule has 3 nitrogen and oxygen atoms in total. The number of nitrogens with one attached hydrogen (secondary N) is 1. The van der Waals surface area contributed by atoms with Crippen LogP contribution in [0, 0.1) is 12.7 Å². The summed E-state index contributed by atoms with van der Waals surface area (Å²) in [6.07, 6.45) is 1.48. The van der Waals surface area contributed by atoms with Gasteiger partial charge in [-0.3, -0.25) is 0 Å². The predicted octanol–water partition coefficient (Wildman–Crippen LogP) is 3.02. The molecule has 0 unspecified atom stereocenters. The lowest BCUT2D eigenvalue weighted by Gasteiger charge is -2.05. The standard InChI is InChI=1S/C13H14FN3/c1-3-15-13-7-12(16-8-17-13)10-5-4-9(2)11(14)6-10/h4-8H,3H2,1-2H3,(H,15,16,17). The van der Waals surface area contributed by atoms with Gasteiger partial charge in [0.15, 0.2) is 0 Å². The molecular weight excluding hydrogens is 217 g/mol. The minimum Gasteiger partial charge on any atom is -0.370 e. The van der Waals surface area contributed by atoms with Crippen molar-refractivity contribution in [3.63, 3.8) is 0 Å². The zero-order chi connectivity index (χ0) is 12.3. The summed E-state index contributed by atoms with van der Waals surface area (Å²) in [5.74, 6) is 0.532. The lowest BCUT2D eigenvalue weighted by atomic mass is 10.1. The lowest BCUT2D eigenvalue weighted by Crippen LogP contribution is -2.00. The van der Waals surface area contributed by atoms with Crippen molar-refractivity contribution in [2.75, 3.05) is 11.9 Å². The maximum Gasteiger partial charge on any atom is 0.129 e. The number of nitrogens with zero attached hydrogens (tertiary/aromatic N) is 2. The van der Waals surface area contributed by atoms with Crippen LogP contribution in [0.25, 0.3) is 11.3 Å². The summed E-state index contributed by atoms with van der Waals surface area (Å²) in [5.41, 5.74) is 2.11. The van der Waals surface area contributed by atoms with Gasteiger partial charge in [-0.1, -0.05) is 12.1 Å². The Kier molecular flexibility index (Phi) is 3.32. The molecule has 0 aliphatic heterocycles. The molecule has 0 atom stereocenters. The van der Waals surface area contributed by atoms with E-state index in [2.05, 4.69) is 15.3 Å². The molecule has 0 radical (unpaired) electrons. The van der Waals surface area contributed by atoms with Gasteiger partial charge in [0.1, 0.15) is 18.0 Å². The number of hydrogen-bond donors (Lipinski definition) is 1. The third-order valence-corrected chi connectivity index (χ3v) is 2.49. The summed E-state index contributed by atoms with van der Waals surface area (Å²) in [6.45, 7) is 4.52. The number of anilines is 1. The summed E-state index contributed by atoms with van der Waals surface area (Å²) in [7, 11) is 0. The lowest BCUT2D eigenvalue weighted by molar-refractivity contribution is 0.619. The molecule has 17 heavy (non-hydrogen) atoms. The van der Waals surface area contributed by atoms with E-state index in [1.165, 1.54) is 12.4 Å². The fourth-order valence-electron chi connectivity index (χ4n) is 1.55. The molecule has 0 amide bonds. The maximum atomic E-state index is 13.5. The first kappa shape index (κ1) is 11.5. The average molecular weight is 231 g/mol. The van der Waals surface area contributed by atoms with E-state index in [0.717, 1.165) is 23.6 Å². The molecule has 2 aromatic rings. The van der Waals surface area contributed by atoms with Crippen LogP contribution in [0.3, 0.4) is 0 Å². The van der Waals surface area contributed by atoms with Gasteiger partial charge in [-0.05, 0) is 25.5 Å². The number of halogens is 1. The fraction of sp³-hybridized carbons (Fsp3) is 0.231. The molecule has 1 aromatic heterocycles. The van der Waals surface area contributed by atoms with Crippen LogP contribution in [-0.2, 0) is 0 Å². The van der Waals surface area contributed by atoms with Crippen molar-refractivity contribution in [1.82, 2.24) is 9.97 Å². The second-order valence-corrected chi connectivity index (χ2v) is 3.78. The molecule has 0 spiro atoms. The third-order valence-electron chi connectivity index (χ3n) is 2.49. The predicted molar refractivity (Wildman–Crippen MR) is 66.3 cm³/mol. The van der Waals surface area contributed by atoms with Crippen molar-refractivity contribution in [3.8, 4) is 11.3 Å². The molecule has 0 bridgehead atoms. The SMILES string of the molecule is CCNc1cc(-c2ccc(C)c(F)c2)ncn1. The highest BCUT2D eigenvalue weighted by Crippen LogP contribution is 2.21. The van der Waals surface area contributed by atoms with Crippen LogP contribution < -0.4 is 5.32 Å².